The number of urea groups is 1. The molecule has 0 aliphatic carbocycles. The molecule has 168 valence electrons. The molecule has 1 heterocycles. The third-order valence-corrected chi connectivity index (χ3v) is 5.72. The van der Waals surface area contributed by atoms with E-state index in [1.54, 1.807) is 29.2 Å². The highest BCUT2D eigenvalue weighted by atomic mass is 16.2. The molecule has 7 heteroatoms. The summed E-state index contributed by atoms with van der Waals surface area (Å²) in [5.41, 5.74) is 9.74. The first-order valence-corrected chi connectivity index (χ1v) is 10.9. The van der Waals surface area contributed by atoms with Crippen LogP contribution in [-0.4, -0.2) is 30.4 Å². The Morgan fingerprint density at radius 2 is 1.70 bits per heavy atom. The first kappa shape index (κ1) is 22.1. The molecule has 1 atom stereocenters. The number of benzene rings is 3. The molecule has 7 nitrogen and oxygen atoms in total. The van der Waals surface area contributed by atoms with E-state index in [1.165, 1.54) is 0 Å². The van der Waals surface area contributed by atoms with Crippen molar-refractivity contribution in [2.75, 3.05) is 16.8 Å². The van der Waals surface area contributed by atoms with Gasteiger partial charge in [-0.3, -0.25) is 9.59 Å². The van der Waals surface area contributed by atoms with Gasteiger partial charge in [0.1, 0.15) is 6.04 Å². The number of anilines is 2. The normalized spacial score (nSPS) is 15.7. The van der Waals surface area contributed by atoms with E-state index in [2.05, 4.69) is 10.6 Å². The predicted octanol–water partition coefficient (Wildman–Crippen LogP) is 4.08. The van der Waals surface area contributed by atoms with E-state index < -0.39 is 18.0 Å². The van der Waals surface area contributed by atoms with Gasteiger partial charge in [-0.15, -0.1) is 0 Å². The van der Waals surface area contributed by atoms with Gasteiger partial charge in [0, 0.05) is 12.2 Å². The molecule has 4 rings (SSSR count). The number of amides is 4. The quantitative estimate of drug-likeness (QED) is 0.554. The number of carbonyl (C=O) groups excluding carboxylic acids is 3. The van der Waals surface area contributed by atoms with Crippen molar-refractivity contribution < 1.29 is 14.4 Å². The first-order valence-electron chi connectivity index (χ1n) is 10.9. The Labute approximate surface area is 192 Å². The van der Waals surface area contributed by atoms with Gasteiger partial charge in [0.2, 0.25) is 5.91 Å². The van der Waals surface area contributed by atoms with E-state index in [0.717, 1.165) is 11.1 Å². The predicted molar refractivity (Wildman–Crippen MR) is 129 cm³/mol. The minimum Gasteiger partial charge on any atom is -0.366 e. The molecule has 1 unspecified atom stereocenters. The van der Waals surface area contributed by atoms with E-state index in [9.17, 15) is 14.4 Å². The Morgan fingerprint density at radius 1 is 0.970 bits per heavy atom. The van der Waals surface area contributed by atoms with E-state index in [0.29, 0.717) is 41.9 Å². The van der Waals surface area contributed by atoms with Crippen molar-refractivity contribution in [1.82, 2.24) is 5.32 Å². The van der Waals surface area contributed by atoms with Gasteiger partial charge in [-0.1, -0.05) is 60.2 Å². The number of piperidine rings is 1. The van der Waals surface area contributed by atoms with E-state index in [-0.39, 0.29) is 5.91 Å². The van der Waals surface area contributed by atoms with Gasteiger partial charge in [0.15, 0.2) is 0 Å². The summed E-state index contributed by atoms with van der Waals surface area (Å²) in [4.78, 5) is 39.8. The summed E-state index contributed by atoms with van der Waals surface area (Å²) in [5.74, 6) is -0.877. The van der Waals surface area contributed by atoms with Crippen LogP contribution in [0.5, 0.6) is 0 Å². The van der Waals surface area contributed by atoms with Crippen molar-refractivity contribution >= 4 is 29.2 Å². The van der Waals surface area contributed by atoms with Crippen molar-refractivity contribution in [2.24, 2.45) is 5.73 Å². The van der Waals surface area contributed by atoms with Crippen molar-refractivity contribution in [3.63, 3.8) is 0 Å². The van der Waals surface area contributed by atoms with Crippen LogP contribution in [0.1, 0.15) is 28.8 Å². The van der Waals surface area contributed by atoms with Gasteiger partial charge < -0.3 is 21.3 Å². The first-order chi connectivity index (χ1) is 15.9. The Balaban J connectivity index is 1.57. The fourth-order valence-electron chi connectivity index (χ4n) is 4.09. The van der Waals surface area contributed by atoms with Crippen LogP contribution in [0, 0.1) is 6.92 Å². The van der Waals surface area contributed by atoms with Crippen LogP contribution < -0.4 is 21.3 Å². The minimum absolute atomic E-state index is 0.270. The summed E-state index contributed by atoms with van der Waals surface area (Å²) in [6, 6.07) is 21.0. The van der Waals surface area contributed by atoms with Gasteiger partial charge in [-0.25, -0.2) is 4.79 Å². The zero-order chi connectivity index (χ0) is 23.4. The molecular formula is C26H26N4O3. The standard InChI is InChI=1S/C26H26N4O3/c1-17-12-14-19(15-13-17)28-26(33)29-21-10-6-16-30(25(21)32)22-11-5-9-20(23(22)24(27)31)18-7-3-2-4-8-18/h2-5,7-9,11-15,21H,6,10,16H2,1H3,(H2,27,31)(H2,28,29,33). The zero-order valence-electron chi connectivity index (χ0n) is 18.4. The van der Waals surface area contributed by atoms with Crippen molar-refractivity contribution in [3.05, 3.63) is 83.9 Å². The minimum atomic E-state index is -0.703. The van der Waals surface area contributed by atoms with Gasteiger partial charge in [-0.2, -0.15) is 0 Å². The Hall–Kier alpha value is -4.13. The molecule has 4 amide bonds. The van der Waals surface area contributed by atoms with Crippen molar-refractivity contribution in [3.8, 4) is 11.1 Å². The molecule has 4 N–H and O–H groups in total. The lowest BCUT2D eigenvalue weighted by Gasteiger charge is -2.34. The largest absolute Gasteiger partial charge is 0.366 e. The second kappa shape index (κ2) is 9.56. The lowest BCUT2D eigenvalue weighted by molar-refractivity contribution is -0.121. The molecule has 3 aromatic rings. The molecule has 0 spiro atoms. The van der Waals surface area contributed by atoms with Gasteiger partial charge >= 0.3 is 6.03 Å². The number of hydrogen-bond donors (Lipinski definition) is 3. The maximum absolute atomic E-state index is 13.3. The highest BCUT2D eigenvalue weighted by Crippen LogP contribution is 2.33. The number of nitrogens with zero attached hydrogens (tertiary/aromatic N) is 1. The summed E-state index contributed by atoms with van der Waals surface area (Å²) < 4.78 is 0. The van der Waals surface area contributed by atoms with Crippen LogP contribution in [-0.2, 0) is 4.79 Å². The Kier molecular flexibility index (Phi) is 6.40. The fraction of sp³-hybridized carbons (Fsp3) is 0.192. The monoisotopic (exact) mass is 442 g/mol. The lowest BCUT2D eigenvalue weighted by atomic mass is 9.95. The second-order valence-electron chi connectivity index (χ2n) is 8.08. The maximum atomic E-state index is 13.3. The summed E-state index contributed by atoms with van der Waals surface area (Å²) >= 11 is 0. The Morgan fingerprint density at radius 3 is 2.39 bits per heavy atom. The number of hydrogen-bond acceptors (Lipinski definition) is 3. The summed E-state index contributed by atoms with van der Waals surface area (Å²) in [5, 5.41) is 5.53. The topological polar surface area (TPSA) is 105 Å². The smallest absolute Gasteiger partial charge is 0.319 e. The van der Waals surface area contributed by atoms with Crippen LogP contribution in [0.25, 0.3) is 11.1 Å². The number of aryl methyl sites for hydroxylation is 1. The second-order valence-corrected chi connectivity index (χ2v) is 8.08. The van der Waals surface area contributed by atoms with Crippen molar-refractivity contribution in [1.29, 1.82) is 0 Å². The van der Waals surface area contributed by atoms with Crippen LogP contribution in [0.2, 0.25) is 0 Å². The average Bonchev–Trinajstić information content (AvgIpc) is 2.82. The van der Waals surface area contributed by atoms with E-state index in [1.807, 2.05) is 55.5 Å². The molecular weight excluding hydrogens is 416 g/mol. The average molecular weight is 443 g/mol. The number of carbonyl (C=O) groups is 3. The molecule has 1 aliphatic heterocycles. The molecule has 1 fully saturated rings. The van der Waals surface area contributed by atoms with Crippen molar-refractivity contribution in [2.45, 2.75) is 25.8 Å². The van der Waals surface area contributed by atoms with E-state index >= 15 is 0 Å². The van der Waals surface area contributed by atoms with Gasteiger partial charge in [0.25, 0.3) is 5.91 Å². The lowest BCUT2D eigenvalue weighted by Crippen LogP contribution is -2.53. The molecule has 33 heavy (non-hydrogen) atoms. The Bertz CT molecular complexity index is 1180. The summed E-state index contributed by atoms with van der Waals surface area (Å²) in [6.45, 7) is 2.40. The summed E-state index contributed by atoms with van der Waals surface area (Å²) in [7, 11) is 0. The molecule has 1 aliphatic rings. The molecule has 0 aromatic heterocycles. The third-order valence-electron chi connectivity index (χ3n) is 5.72. The molecule has 0 radical (unpaired) electrons. The number of nitrogens with one attached hydrogen (secondary N) is 2. The van der Waals surface area contributed by atoms with Crippen LogP contribution in [0.4, 0.5) is 16.2 Å². The number of primary amides is 1. The van der Waals surface area contributed by atoms with Gasteiger partial charge in [0.05, 0.1) is 11.3 Å². The highest BCUT2D eigenvalue weighted by molar-refractivity contribution is 6.10. The summed E-state index contributed by atoms with van der Waals surface area (Å²) in [6.07, 6.45) is 1.19. The molecule has 1 saturated heterocycles. The SMILES string of the molecule is Cc1ccc(NC(=O)NC2CCCN(c3cccc(-c4ccccc4)c3C(N)=O)C2=O)cc1. The van der Waals surface area contributed by atoms with Gasteiger partial charge in [-0.05, 0) is 49.1 Å². The van der Waals surface area contributed by atoms with Crippen LogP contribution >= 0.6 is 0 Å². The molecule has 0 saturated carbocycles. The number of nitrogens with two attached hydrogens (primary N) is 1. The number of rotatable bonds is 5. The maximum Gasteiger partial charge on any atom is 0.319 e. The fourth-order valence-corrected chi connectivity index (χ4v) is 4.09. The van der Waals surface area contributed by atoms with Crippen LogP contribution in [0.3, 0.4) is 0 Å². The highest BCUT2D eigenvalue weighted by Gasteiger charge is 2.33. The zero-order valence-corrected chi connectivity index (χ0v) is 18.4. The molecule has 3 aromatic carbocycles. The molecule has 0 bridgehead atoms. The van der Waals surface area contributed by atoms with E-state index in [4.69, 9.17) is 5.73 Å². The van der Waals surface area contributed by atoms with Crippen LogP contribution in [0.15, 0.2) is 72.8 Å². The third kappa shape index (κ3) is 4.87.